The van der Waals surface area contributed by atoms with E-state index in [1.165, 1.54) is 22.3 Å². The highest BCUT2D eigenvalue weighted by Crippen LogP contribution is 2.42. The van der Waals surface area contributed by atoms with Gasteiger partial charge in [0.05, 0.1) is 48.4 Å². The first-order valence-electron chi connectivity index (χ1n) is 23.0. The van der Waals surface area contributed by atoms with Crippen molar-refractivity contribution < 1.29 is 61.2 Å². The number of carbonyl (C=O) groups excluding carboxylic acids is 1. The van der Waals surface area contributed by atoms with E-state index in [0.717, 1.165) is 76.9 Å². The van der Waals surface area contributed by atoms with Crippen LogP contribution in [0.3, 0.4) is 0 Å². The van der Waals surface area contributed by atoms with Gasteiger partial charge in [-0.05, 0) is 125 Å². The van der Waals surface area contributed by atoms with E-state index in [4.69, 9.17) is 81.3 Å². The highest BCUT2D eigenvalue weighted by molar-refractivity contribution is 9.10. The molecule has 3 aliphatic rings. The Morgan fingerprint density at radius 3 is 1.93 bits per heavy atom. The number of aliphatic hydroxyl groups is 1. The minimum absolute atomic E-state index is 0.125. The lowest BCUT2D eigenvalue weighted by molar-refractivity contribution is -0.0415. The number of ether oxygens (including phenoxy) is 5. The summed E-state index contributed by atoms with van der Waals surface area (Å²) in [6.45, 7) is 22.7. The minimum Gasteiger partial charge on any atom is -0.477 e. The van der Waals surface area contributed by atoms with Crippen molar-refractivity contribution in [3.05, 3.63) is 131 Å². The molecule has 6 aromatic rings. The number of thiophene rings is 3. The predicted octanol–water partition coefficient (Wildman–Crippen LogP) is 15.2. The van der Waals surface area contributed by atoms with E-state index in [-0.39, 0.29) is 28.9 Å². The normalized spacial score (nSPS) is 16.7. The maximum Gasteiger partial charge on any atom is 0.345 e. The summed E-state index contributed by atoms with van der Waals surface area (Å²) in [6, 6.07) is 10.7. The largest absolute Gasteiger partial charge is 0.477 e. The maximum absolute atomic E-state index is 11.0. The number of aryl methyl sites for hydroxylation is 4. The van der Waals surface area contributed by atoms with Crippen LogP contribution in [-0.4, -0.2) is 70.4 Å². The fourth-order valence-electron chi connectivity index (χ4n) is 7.40. The topological polar surface area (TPSA) is 169 Å². The second-order valence-electron chi connectivity index (χ2n) is 18.2. The third kappa shape index (κ3) is 15.0. The van der Waals surface area contributed by atoms with Gasteiger partial charge in [-0.2, -0.15) is 0 Å². The van der Waals surface area contributed by atoms with Crippen molar-refractivity contribution in [1.29, 1.82) is 0 Å². The molecule has 0 radical (unpaired) electrons. The number of aldehydes is 1. The van der Waals surface area contributed by atoms with Crippen LogP contribution in [0.15, 0.2) is 54.1 Å². The summed E-state index contributed by atoms with van der Waals surface area (Å²) in [6.07, 6.45) is 2.24. The Bertz CT molecular complexity index is 2680. The quantitative estimate of drug-likeness (QED) is 0.0828. The monoisotopic (exact) mass is 1180 g/mol. The summed E-state index contributed by atoms with van der Waals surface area (Å²) in [4.78, 5) is 27.5. The molecule has 2 atom stereocenters. The molecule has 2 N–H and O–H groups in total. The van der Waals surface area contributed by atoms with Crippen LogP contribution >= 0.6 is 84.7 Å². The van der Waals surface area contributed by atoms with E-state index in [1.54, 1.807) is 40.9 Å². The first kappa shape index (κ1) is 57.6. The number of carbonyl (C=O) groups is 2. The molecule has 9 heterocycles. The smallest absolute Gasteiger partial charge is 0.345 e. The summed E-state index contributed by atoms with van der Waals surface area (Å²) in [5.74, 6) is 1.26. The number of aromatic carboxylic acids is 1. The van der Waals surface area contributed by atoms with Crippen molar-refractivity contribution in [2.75, 3.05) is 39.6 Å². The molecule has 0 aromatic carbocycles. The predicted molar refractivity (Wildman–Crippen MR) is 284 cm³/mol. The molecular formula is C50H60BrCl3O13S3Si. The zero-order valence-electron chi connectivity index (χ0n) is 41.0. The van der Waals surface area contributed by atoms with Gasteiger partial charge in [0, 0.05) is 74.3 Å². The van der Waals surface area contributed by atoms with Crippen molar-refractivity contribution >= 4 is 105 Å². The number of fused-ring (bicyclic) bond motifs is 1. The van der Waals surface area contributed by atoms with Gasteiger partial charge in [-0.15, -0.1) is 34.0 Å². The summed E-state index contributed by atoms with van der Waals surface area (Å²) in [7, 11) is -1.74. The Hall–Kier alpha value is -2.63. The zero-order chi connectivity index (χ0) is 51.8. The lowest BCUT2D eigenvalue weighted by Gasteiger charge is -2.36. The number of furan rings is 3. The van der Waals surface area contributed by atoms with Crippen LogP contribution in [0.25, 0.3) is 0 Å². The van der Waals surface area contributed by atoms with Crippen molar-refractivity contribution in [3.8, 4) is 0 Å². The lowest BCUT2D eigenvalue weighted by Crippen LogP contribution is -2.41. The second kappa shape index (κ2) is 25.7. The molecule has 13 nitrogen and oxygen atoms in total. The van der Waals surface area contributed by atoms with Gasteiger partial charge in [-0.25, -0.2) is 4.79 Å². The molecule has 0 saturated carbocycles. The van der Waals surface area contributed by atoms with Gasteiger partial charge in [0.2, 0.25) is 0 Å². The Morgan fingerprint density at radius 1 is 0.775 bits per heavy atom. The third-order valence-electron chi connectivity index (χ3n) is 12.1. The average Bonchev–Trinajstić information content (AvgIpc) is 4.16. The van der Waals surface area contributed by atoms with E-state index in [0.29, 0.717) is 79.1 Å². The fourth-order valence-corrected chi connectivity index (χ4v) is 12.6. The lowest BCUT2D eigenvalue weighted by atomic mass is 9.99. The van der Waals surface area contributed by atoms with Crippen molar-refractivity contribution in [3.63, 3.8) is 0 Å². The van der Waals surface area contributed by atoms with Crippen LogP contribution in [0.5, 0.6) is 0 Å². The van der Waals surface area contributed by atoms with Crippen LogP contribution in [0.4, 0.5) is 0 Å². The van der Waals surface area contributed by atoms with Crippen LogP contribution in [-0.2, 0) is 47.4 Å². The summed E-state index contributed by atoms with van der Waals surface area (Å²) < 4.78 is 50.9. The molecular weight excluding hydrogens is 1120 g/mol. The fraction of sp³-hybridized carbons (Fsp3) is 0.480. The molecule has 71 heavy (non-hydrogen) atoms. The minimum atomic E-state index is -1.74. The number of hydrogen-bond acceptors (Lipinski definition) is 15. The van der Waals surface area contributed by atoms with E-state index in [9.17, 15) is 14.7 Å². The highest BCUT2D eigenvalue weighted by Gasteiger charge is 2.37. The van der Waals surface area contributed by atoms with Crippen molar-refractivity contribution in [1.82, 2.24) is 0 Å². The maximum atomic E-state index is 11.0. The van der Waals surface area contributed by atoms with E-state index >= 15 is 0 Å². The van der Waals surface area contributed by atoms with Gasteiger partial charge < -0.3 is 51.6 Å². The van der Waals surface area contributed by atoms with Crippen LogP contribution in [0, 0.1) is 20.8 Å². The van der Waals surface area contributed by atoms with Gasteiger partial charge in [0.25, 0.3) is 0 Å². The summed E-state index contributed by atoms with van der Waals surface area (Å²) in [5.41, 5.74) is 3.88. The van der Waals surface area contributed by atoms with E-state index in [1.807, 2.05) is 19.9 Å². The Labute approximate surface area is 450 Å². The molecule has 9 rings (SSSR count). The molecule has 2 saturated heterocycles. The number of halogens is 4. The molecule has 3 aliphatic heterocycles. The van der Waals surface area contributed by atoms with Gasteiger partial charge >= 0.3 is 5.97 Å². The molecule has 0 bridgehead atoms. The SMILES string of the molecule is CC(C)(C)[Si](C)(C)OCCc1oc(Cl)cc1C=O.CCCc1oc(Cl)cc1C(O)c1cc(C2OCCO2)sc1C.Cc1sc(C(=O)O)cc1C1OCCc2oc(Cl)cc21.Cc1sc(C2OCCO2)cc1Br. The Balaban J connectivity index is 0.000000158. The summed E-state index contributed by atoms with van der Waals surface area (Å²) >= 11 is 25.6. The molecule has 0 amide bonds. The number of carboxylic acid groups (broad SMARTS) is 1. The number of rotatable bonds is 13. The molecule has 6 aromatic heterocycles. The number of hydrogen-bond donors (Lipinski definition) is 2. The van der Waals surface area contributed by atoms with E-state index < -0.39 is 20.4 Å². The van der Waals surface area contributed by atoms with Gasteiger partial charge in [-0.1, -0.05) is 27.7 Å². The summed E-state index contributed by atoms with van der Waals surface area (Å²) in [5, 5.41) is 20.9. The number of carboxylic acids is 1. The average molecular weight is 1180 g/mol. The molecule has 0 spiro atoms. The standard InChI is InChI=1S/C16H19ClO4S.C13H11ClO4S.C13H21ClO3Si.C8H9BrO2S/c1-3-4-12-11(8-14(17)21-12)15(18)10-7-13(22-9(10)2)16-19-5-6-20-16;1-6-7(4-10(19-6)13(15)16)12-8-5-11(14)18-9(8)2-3-17-12;1-13(2,3)18(4,5)16-7-6-11-10(9-15)8-12(14)17-11;1-5-6(9)4-7(12-5)8-10-2-3-11-8/h7-8,15-16,18H,3-6H2,1-2H3;4-5,12H,2-3H2,1H3,(H,15,16);8-9H,6-7H2,1-5H3;4,8H,2-3H2,1H3. The molecule has 2 fully saturated rings. The zero-order valence-corrected chi connectivity index (χ0v) is 48.3. The second-order valence-corrected chi connectivity index (χ2v) is 28.8. The van der Waals surface area contributed by atoms with Crippen LogP contribution in [0.1, 0.15) is 143 Å². The van der Waals surface area contributed by atoms with Crippen LogP contribution < -0.4 is 0 Å². The van der Waals surface area contributed by atoms with E-state index in [2.05, 4.69) is 69.7 Å². The molecule has 0 aliphatic carbocycles. The third-order valence-corrected chi connectivity index (χ3v) is 21.5. The number of aliphatic hydroxyl groups excluding tert-OH is 1. The molecule has 21 heteroatoms. The van der Waals surface area contributed by atoms with Gasteiger partial charge in [0.15, 0.2) is 42.8 Å². The first-order chi connectivity index (χ1) is 33.6. The van der Waals surface area contributed by atoms with Gasteiger partial charge in [0.1, 0.15) is 34.4 Å². The van der Waals surface area contributed by atoms with Gasteiger partial charge in [-0.3, -0.25) is 4.79 Å². The highest BCUT2D eigenvalue weighted by atomic mass is 79.9. The van der Waals surface area contributed by atoms with Crippen LogP contribution in [0.2, 0.25) is 33.8 Å². The Morgan fingerprint density at radius 2 is 1.37 bits per heavy atom. The van der Waals surface area contributed by atoms with Crippen molar-refractivity contribution in [2.24, 2.45) is 0 Å². The van der Waals surface area contributed by atoms with Crippen molar-refractivity contribution in [2.45, 2.75) is 117 Å². The molecule has 2 unspecified atom stereocenters. The Kier molecular flexibility index (Phi) is 20.9. The molecule has 388 valence electrons. The first-order valence-corrected chi connectivity index (χ1v) is 30.3.